The first kappa shape index (κ1) is 24.4. The molecule has 0 aromatic carbocycles. The maximum atomic E-state index is 11.1. The van der Waals surface area contributed by atoms with E-state index in [1.165, 1.54) is 12.2 Å². The van der Waals surface area contributed by atoms with Crippen molar-refractivity contribution in [1.82, 2.24) is 0 Å². The van der Waals surface area contributed by atoms with Gasteiger partial charge in [0.2, 0.25) is 11.4 Å². The van der Waals surface area contributed by atoms with Crippen molar-refractivity contribution in [3.8, 4) is 0 Å². The zero-order valence-corrected chi connectivity index (χ0v) is 16.0. The van der Waals surface area contributed by atoms with Gasteiger partial charge >= 0.3 is 0 Å². The first-order valence-electron chi connectivity index (χ1n) is 9.43. The van der Waals surface area contributed by atoms with E-state index in [4.69, 9.17) is 0 Å². The third kappa shape index (κ3) is 14.3. The number of hydrogen-bond acceptors (Lipinski definition) is 5. The number of rotatable bonds is 16. The number of unbranched alkanes of at least 4 members (excludes halogenated alkanes) is 5. The van der Waals surface area contributed by atoms with Crippen LogP contribution in [0.1, 0.15) is 71.1 Å². The highest BCUT2D eigenvalue weighted by Gasteiger charge is 2.13. The van der Waals surface area contributed by atoms with Crippen LogP contribution in [0.4, 0.5) is 0 Å². The number of allylic oxidation sites excluding steroid dienone is 6. The van der Waals surface area contributed by atoms with Gasteiger partial charge in [-0.15, -0.1) is 0 Å². The topological polar surface area (TPSA) is 103 Å². The summed E-state index contributed by atoms with van der Waals surface area (Å²) >= 11 is 0. The molecule has 150 valence electrons. The van der Waals surface area contributed by atoms with Crippen LogP contribution in [-0.4, -0.2) is 16.1 Å². The fraction of sp³-hybridized carbons (Fsp3) is 0.550. The standard InChI is InChI=1S/C20H30N2O5/c1-2-3-4-5-8-11-14-19(21(24)25)16-17-20(22(26)27)15-12-9-6-7-10-13-18-23/h6,8-9,11,15-16,18H,2-5,7,10,12-14,17H2,1H3/b9-6+,11-8+,19-16-,20-15-. The van der Waals surface area contributed by atoms with Gasteiger partial charge < -0.3 is 4.79 Å². The van der Waals surface area contributed by atoms with Crippen LogP contribution < -0.4 is 0 Å². The smallest absolute Gasteiger partial charge is 0.246 e. The summed E-state index contributed by atoms with van der Waals surface area (Å²) in [6.45, 7) is 2.11. The van der Waals surface area contributed by atoms with E-state index in [1.54, 1.807) is 12.2 Å². The van der Waals surface area contributed by atoms with E-state index in [9.17, 15) is 25.0 Å². The van der Waals surface area contributed by atoms with Gasteiger partial charge in [0.1, 0.15) is 6.29 Å². The third-order valence-electron chi connectivity index (χ3n) is 3.83. The van der Waals surface area contributed by atoms with Gasteiger partial charge in [-0.3, -0.25) is 20.2 Å². The molecule has 0 bridgehead atoms. The fourth-order valence-electron chi connectivity index (χ4n) is 2.26. The number of aldehydes is 1. The van der Waals surface area contributed by atoms with E-state index < -0.39 is 9.85 Å². The summed E-state index contributed by atoms with van der Waals surface area (Å²) in [7, 11) is 0. The van der Waals surface area contributed by atoms with Crippen molar-refractivity contribution in [3.63, 3.8) is 0 Å². The average molecular weight is 378 g/mol. The second-order valence-electron chi connectivity index (χ2n) is 6.09. The average Bonchev–Trinajstić information content (AvgIpc) is 2.63. The third-order valence-corrected chi connectivity index (χ3v) is 3.83. The lowest BCUT2D eigenvalue weighted by molar-refractivity contribution is -0.431. The van der Waals surface area contributed by atoms with Crippen molar-refractivity contribution in [2.45, 2.75) is 71.1 Å². The zero-order chi connectivity index (χ0) is 20.3. The minimum atomic E-state index is -0.505. The highest BCUT2D eigenvalue weighted by Crippen LogP contribution is 2.12. The summed E-state index contributed by atoms with van der Waals surface area (Å²) in [6.07, 6.45) is 17.7. The SMILES string of the molecule is CCCCC/C=C/C/C(=C/C/C(=C/C/C=C/CCCC=O)[N+](=O)[O-])[N+](=O)[O-]. The lowest BCUT2D eigenvalue weighted by Crippen LogP contribution is -2.01. The Morgan fingerprint density at radius 1 is 0.778 bits per heavy atom. The van der Waals surface area contributed by atoms with Gasteiger partial charge in [-0.05, 0) is 44.3 Å². The lowest BCUT2D eigenvalue weighted by atomic mass is 10.1. The predicted molar refractivity (Wildman–Crippen MR) is 106 cm³/mol. The molecule has 0 aliphatic rings. The van der Waals surface area contributed by atoms with Crippen LogP contribution in [0.3, 0.4) is 0 Å². The number of carbonyl (C=O) groups excluding carboxylic acids is 1. The van der Waals surface area contributed by atoms with Crippen molar-refractivity contribution in [2.24, 2.45) is 0 Å². The molecule has 0 atom stereocenters. The van der Waals surface area contributed by atoms with Crippen molar-refractivity contribution >= 4 is 6.29 Å². The van der Waals surface area contributed by atoms with Crippen LogP contribution >= 0.6 is 0 Å². The maximum Gasteiger partial charge on any atom is 0.246 e. The summed E-state index contributed by atoms with van der Waals surface area (Å²) in [4.78, 5) is 31.4. The lowest BCUT2D eigenvalue weighted by Gasteiger charge is -1.97. The van der Waals surface area contributed by atoms with Crippen molar-refractivity contribution in [1.29, 1.82) is 0 Å². The van der Waals surface area contributed by atoms with Crippen LogP contribution in [-0.2, 0) is 4.79 Å². The van der Waals surface area contributed by atoms with E-state index in [1.807, 2.05) is 12.2 Å². The van der Waals surface area contributed by atoms with Crippen molar-refractivity contribution in [3.05, 3.63) is 68.1 Å². The number of hydrogen-bond donors (Lipinski definition) is 0. The molecule has 0 unspecified atom stereocenters. The Labute approximate surface area is 160 Å². The first-order valence-corrected chi connectivity index (χ1v) is 9.43. The summed E-state index contributed by atoms with van der Waals surface area (Å²) < 4.78 is 0. The highest BCUT2D eigenvalue weighted by molar-refractivity contribution is 5.49. The Balaban J connectivity index is 4.64. The molecule has 0 rings (SSSR count). The van der Waals surface area contributed by atoms with Gasteiger partial charge in [-0.2, -0.15) is 0 Å². The molecule has 0 aromatic rings. The summed E-state index contributed by atoms with van der Waals surface area (Å²) in [5, 5.41) is 22.2. The van der Waals surface area contributed by atoms with Crippen LogP contribution in [0.5, 0.6) is 0 Å². The Morgan fingerprint density at radius 3 is 2.04 bits per heavy atom. The normalized spacial score (nSPS) is 12.8. The van der Waals surface area contributed by atoms with Gasteiger partial charge in [-0.1, -0.05) is 44.1 Å². The second kappa shape index (κ2) is 16.9. The summed E-state index contributed by atoms with van der Waals surface area (Å²) in [5.74, 6) is 0. The van der Waals surface area contributed by atoms with Crippen molar-refractivity contribution < 1.29 is 14.6 Å². The molecule has 0 fully saturated rings. The molecule has 7 heteroatoms. The van der Waals surface area contributed by atoms with E-state index in [0.717, 1.165) is 44.8 Å². The fourth-order valence-corrected chi connectivity index (χ4v) is 2.26. The van der Waals surface area contributed by atoms with Crippen LogP contribution in [0.25, 0.3) is 0 Å². The predicted octanol–water partition coefficient (Wildman–Crippen LogP) is 5.54. The van der Waals surface area contributed by atoms with E-state index >= 15 is 0 Å². The molecule has 0 amide bonds. The van der Waals surface area contributed by atoms with Crippen molar-refractivity contribution in [2.75, 3.05) is 0 Å². The molecule has 0 aliphatic carbocycles. The molecule has 0 saturated heterocycles. The number of nitrogens with zero attached hydrogens (tertiary/aromatic N) is 2. The first-order chi connectivity index (χ1) is 13.0. The Kier molecular flexibility index (Phi) is 15.3. The number of carbonyl (C=O) groups is 1. The molecule has 0 radical (unpaired) electrons. The maximum absolute atomic E-state index is 11.1. The van der Waals surface area contributed by atoms with Crippen LogP contribution in [0.15, 0.2) is 47.9 Å². The minimum absolute atomic E-state index is 0.0288. The van der Waals surface area contributed by atoms with E-state index in [0.29, 0.717) is 12.8 Å². The summed E-state index contributed by atoms with van der Waals surface area (Å²) in [6, 6.07) is 0. The van der Waals surface area contributed by atoms with Gasteiger partial charge in [0, 0.05) is 6.42 Å². The second-order valence-corrected chi connectivity index (χ2v) is 6.09. The molecule has 0 aromatic heterocycles. The molecule has 0 spiro atoms. The van der Waals surface area contributed by atoms with Gasteiger partial charge in [0.05, 0.1) is 22.7 Å². The molecule has 7 nitrogen and oxygen atoms in total. The molecule has 0 aliphatic heterocycles. The Morgan fingerprint density at radius 2 is 1.41 bits per heavy atom. The van der Waals surface area contributed by atoms with E-state index in [2.05, 4.69) is 6.92 Å². The monoisotopic (exact) mass is 378 g/mol. The Bertz CT molecular complexity index is 577. The van der Waals surface area contributed by atoms with E-state index in [-0.39, 0.29) is 24.2 Å². The zero-order valence-electron chi connectivity index (χ0n) is 16.0. The molecule has 0 N–H and O–H groups in total. The van der Waals surface area contributed by atoms with Crippen LogP contribution in [0.2, 0.25) is 0 Å². The minimum Gasteiger partial charge on any atom is -0.303 e. The Hall–Kier alpha value is -2.57. The molecule has 27 heavy (non-hydrogen) atoms. The van der Waals surface area contributed by atoms with Gasteiger partial charge in [0.25, 0.3) is 0 Å². The molecular formula is C20H30N2O5. The van der Waals surface area contributed by atoms with Crippen LogP contribution in [0, 0.1) is 20.2 Å². The number of nitro groups is 2. The quantitative estimate of drug-likeness (QED) is 0.115. The van der Waals surface area contributed by atoms with Gasteiger partial charge in [-0.25, -0.2) is 0 Å². The largest absolute Gasteiger partial charge is 0.303 e. The highest BCUT2D eigenvalue weighted by atomic mass is 16.6. The molecular weight excluding hydrogens is 348 g/mol. The molecule has 0 saturated carbocycles. The van der Waals surface area contributed by atoms with Gasteiger partial charge in [0.15, 0.2) is 0 Å². The summed E-state index contributed by atoms with van der Waals surface area (Å²) in [5.41, 5.74) is -0.0855. The molecule has 0 heterocycles.